The van der Waals surface area contributed by atoms with Gasteiger partial charge in [-0.2, -0.15) is 0 Å². The Morgan fingerprint density at radius 3 is 2.96 bits per heavy atom. The second-order valence-corrected chi connectivity index (χ2v) is 6.74. The molecule has 27 heavy (non-hydrogen) atoms. The van der Waals surface area contributed by atoms with Crippen LogP contribution in [0.2, 0.25) is 0 Å². The number of carbonyl (C=O) groups is 2. The Labute approximate surface area is 160 Å². The van der Waals surface area contributed by atoms with Gasteiger partial charge in [0.15, 0.2) is 6.61 Å². The Morgan fingerprint density at radius 1 is 1.30 bits per heavy atom. The Balaban J connectivity index is 1.69. The highest BCUT2D eigenvalue weighted by Crippen LogP contribution is 2.36. The zero-order valence-corrected chi connectivity index (χ0v) is 15.4. The standard InChI is InChI=1S/C20H16N2O4S/c1-25-20(24)15-4-2-3-13(7-15)9-22-17-8-14(16-11-27-12-21-16)5-6-18(17)26-10-19(22)23/h2-8,11-12H,9-10H2,1H3. The van der Waals surface area contributed by atoms with E-state index in [1.54, 1.807) is 28.6 Å². The van der Waals surface area contributed by atoms with E-state index >= 15 is 0 Å². The molecule has 1 aliphatic rings. The third-order valence-electron chi connectivity index (χ3n) is 4.32. The van der Waals surface area contributed by atoms with Crippen molar-refractivity contribution in [2.75, 3.05) is 18.6 Å². The molecule has 0 unspecified atom stereocenters. The maximum Gasteiger partial charge on any atom is 0.337 e. The van der Waals surface area contributed by atoms with Crippen LogP contribution < -0.4 is 9.64 Å². The molecule has 0 N–H and O–H groups in total. The van der Waals surface area contributed by atoms with Crippen molar-refractivity contribution < 1.29 is 19.1 Å². The predicted molar refractivity (Wildman–Crippen MR) is 102 cm³/mol. The second-order valence-electron chi connectivity index (χ2n) is 6.02. The Hall–Kier alpha value is -3.19. The molecule has 0 spiro atoms. The van der Waals surface area contributed by atoms with Crippen molar-refractivity contribution in [2.45, 2.75) is 6.54 Å². The van der Waals surface area contributed by atoms with Crippen LogP contribution in [0, 0.1) is 0 Å². The lowest BCUT2D eigenvalue weighted by molar-refractivity contribution is -0.121. The van der Waals surface area contributed by atoms with Crippen LogP contribution in [-0.2, 0) is 16.1 Å². The molecule has 0 saturated heterocycles. The predicted octanol–water partition coefficient (Wildman–Crippen LogP) is 3.52. The Morgan fingerprint density at radius 2 is 2.19 bits per heavy atom. The number of fused-ring (bicyclic) bond motifs is 1. The van der Waals surface area contributed by atoms with Crippen molar-refractivity contribution in [2.24, 2.45) is 0 Å². The van der Waals surface area contributed by atoms with Crippen molar-refractivity contribution in [3.05, 3.63) is 64.5 Å². The fourth-order valence-electron chi connectivity index (χ4n) is 2.99. The van der Waals surface area contributed by atoms with Crippen molar-refractivity contribution in [3.8, 4) is 17.0 Å². The first kappa shape index (κ1) is 17.2. The topological polar surface area (TPSA) is 68.7 Å². The fourth-order valence-corrected chi connectivity index (χ4v) is 3.55. The molecular formula is C20H16N2O4S. The lowest BCUT2D eigenvalue weighted by Crippen LogP contribution is -2.38. The van der Waals surface area contributed by atoms with Crippen molar-refractivity contribution in [1.82, 2.24) is 4.98 Å². The summed E-state index contributed by atoms with van der Waals surface area (Å²) in [6.45, 7) is 0.320. The number of ether oxygens (including phenoxy) is 2. The molecule has 1 aromatic heterocycles. The third kappa shape index (κ3) is 3.41. The first-order chi connectivity index (χ1) is 13.2. The molecule has 0 saturated carbocycles. The van der Waals surface area contributed by atoms with Gasteiger partial charge in [0.05, 0.1) is 36.1 Å². The summed E-state index contributed by atoms with van der Waals surface area (Å²) in [7, 11) is 1.34. The van der Waals surface area contributed by atoms with Crippen LogP contribution in [0.1, 0.15) is 15.9 Å². The van der Waals surface area contributed by atoms with E-state index in [4.69, 9.17) is 9.47 Å². The minimum atomic E-state index is -0.406. The number of hydrogen-bond donors (Lipinski definition) is 0. The zero-order chi connectivity index (χ0) is 18.8. The fraction of sp³-hybridized carbons (Fsp3) is 0.150. The minimum absolute atomic E-state index is 0.0141. The van der Waals surface area contributed by atoms with Gasteiger partial charge in [-0.1, -0.05) is 12.1 Å². The van der Waals surface area contributed by atoms with Gasteiger partial charge in [-0.15, -0.1) is 11.3 Å². The smallest absolute Gasteiger partial charge is 0.337 e. The van der Waals surface area contributed by atoms with Crippen molar-refractivity contribution in [3.63, 3.8) is 0 Å². The number of nitrogens with zero attached hydrogens (tertiary/aromatic N) is 2. The lowest BCUT2D eigenvalue weighted by Gasteiger charge is -2.30. The monoisotopic (exact) mass is 380 g/mol. The maximum atomic E-state index is 12.5. The van der Waals surface area contributed by atoms with E-state index < -0.39 is 5.97 Å². The van der Waals surface area contributed by atoms with E-state index in [0.29, 0.717) is 23.5 Å². The normalized spacial score (nSPS) is 13.1. The zero-order valence-electron chi connectivity index (χ0n) is 14.5. The number of thiazole rings is 1. The molecule has 136 valence electrons. The molecule has 0 aliphatic carbocycles. The molecule has 3 aromatic rings. The molecule has 1 amide bonds. The van der Waals surface area contributed by atoms with Crippen LogP contribution in [0.5, 0.6) is 5.75 Å². The SMILES string of the molecule is COC(=O)c1cccc(CN2C(=O)COc3ccc(-c4cscn4)cc32)c1. The number of carbonyl (C=O) groups excluding carboxylic acids is 2. The van der Waals surface area contributed by atoms with Gasteiger partial charge >= 0.3 is 5.97 Å². The number of anilines is 1. The number of esters is 1. The number of rotatable bonds is 4. The highest BCUT2D eigenvalue weighted by molar-refractivity contribution is 7.07. The molecule has 2 aromatic carbocycles. The van der Waals surface area contributed by atoms with Crippen LogP contribution in [0.4, 0.5) is 5.69 Å². The van der Waals surface area contributed by atoms with Crippen LogP contribution in [0.15, 0.2) is 53.4 Å². The summed E-state index contributed by atoms with van der Waals surface area (Å²) in [5.74, 6) is 0.107. The number of methoxy groups -OCH3 is 1. The van der Waals surface area contributed by atoms with Crippen LogP contribution >= 0.6 is 11.3 Å². The number of aromatic nitrogens is 1. The molecule has 0 atom stereocenters. The summed E-state index contributed by atoms with van der Waals surface area (Å²) in [6.07, 6.45) is 0. The van der Waals surface area contributed by atoms with Crippen LogP contribution in [0.3, 0.4) is 0 Å². The van der Waals surface area contributed by atoms with Gasteiger partial charge in [0.1, 0.15) is 5.75 Å². The number of amides is 1. The summed E-state index contributed by atoms with van der Waals surface area (Å²) in [6, 6.07) is 12.8. The summed E-state index contributed by atoms with van der Waals surface area (Å²) in [5.41, 5.74) is 5.52. The highest BCUT2D eigenvalue weighted by atomic mass is 32.1. The van der Waals surface area contributed by atoms with E-state index in [0.717, 1.165) is 16.8 Å². The van der Waals surface area contributed by atoms with Crippen molar-refractivity contribution >= 4 is 28.9 Å². The summed E-state index contributed by atoms with van der Waals surface area (Å²) in [4.78, 5) is 30.3. The van der Waals surface area contributed by atoms with Gasteiger partial charge in [0.2, 0.25) is 0 Å². The van der Waals surface area contributed by atoms with Gasteiger partial charge < -0.3 is 14.4 Å². The van der Waals surface area contributed by atoms with Gasteiger partial charge in [0.25, 0.3) is 5.91 Å². The molecule has 6 nitrogen and oxygen atoms in total. The van der Waals surface area contributed by atoms with Gasteiger partial charge in [-0.25, -0.2) is 9.78 Å². The maximum absolute atomic E-state index is 12.5. The number of hydrogen-bond acceptors (Lipinski definition) is 6. The van der Waals surface area contributed by atoms with Gasteiger partial charge in [-0.05, 0) is 35.9 Å². The van der Waals surface area contributed by atoms with Crippen LogP contribution in [-0.4, -0.2) is 30.6 Å². The molecule has 0 fully saturated rings. The third-order valence-corrected chi connectivity index (χ3v) is 4.91. The summed E-state index contributed by atoms with van der Waals surface area (Å²) >= 11 is 1.52. The highest BCUT2D eigenvalue weighted by Gasteiger charge is 2.26. The first-order valence-electron chi connectivity index (χ1n) is 8.29. The molecule has 2 heterocycles. The average molecular weight is 380 g/mol. The molecular weight excluding hydrogens is 364 g/mol. The average Bonchev–Trinajstić information content (AvgIpc) is 3.24. The molecule has 0 radical (unpaired) electrons. The second kappa shape index (κ2) is 7.20. The van der Waals surface area contributed by atoms with Crippen LogP contribution in [0.25, 0.3) is 11.3 Å². The van der Waals surface area contributed by atoms with Gasteiger partial charge in [-0.3, -0.25) is 4.79 Å². The molecule has 1 aliphatic heterocycles. The quantitative estimate of drug-likeness (QED) is 0.648. The van der Waals surface area contributed by atoms with E-state index in [-0.39, 0.29) is 12.5 Å². The molecule has 0 bridgehead atoms. The minimum Gasteiger partial charge on any atom is -0.482 e. The molecule has 7 heteroatoms. The van der Waals surface area contributed by atoms with E-state index in [9.17, 15) is 9.59 Å². The van der Waals surface area contributed by atoms with Gasteiger partial charge in [0, 0.05) is 10.9 Å². The molecule has 4 rings (SSSR count). The summed E-state index contributed by atoms with van der Waals surface area (Å²) < 4.78 is 10.3. The Kier molecular flexibility index (Phi) is 4.60. The van der Waals surface area contributed by atoms with E-state index in [1.807, 2.05) is 29.6 Å². The number of benzene rings is 2. The van der Waals surface area contributed by atoms with Crippen molar-refractivity contribution in [1.29, 1.82) is 0 Å². The largest absolute Gasteiger partial charge is 0.482 e. The summed E-state index contributed by atoms with van der Waals surface area (Å²) in [5, 5.41) is 1.96. The van der Waals surface area contributed by atoms with E-state index in [1.165, 1.54) is 18.4 Å². The first-order valence-corrected chi connectivity index (χ1v) is 9.23. The van der Waals surface area contributed by atoms with E-state index in [2.05, 4.69) is 4.98 Å². The Bertz CT molecular complexity index is 1000. The lowest BCUT2D eigenvalue weighted by atomic mass is 10.1.